The van der Waals surface area contributed by atoms with Crippen molar-refractivity contribution in [1.29, 1.82) is 0 Å². The lowest BCUT2D eigenvalue weighted by atomic mass is 9.92. The van der Waals surface area contributed by atoms with Crippen LogP contribution in [0.5, 0.6) is 0 Å². The molecule has 19 heavy (non-hydrogen) atoms. The third-order valence-electron chi connectivity index (χ3n) is 4.39. The molecule has 5 nitrogen and oxygen atoms in total. The van der Waals surface area contributed by atoms with E-state index in [0.717, 1.165) is 45.6 Å². The van der Waals surface area contributed by atoms with Crippen LogP contribution in [0.4, 0.5) is 0 Å². The minimum Gasteiger partial charge on any atom is -0.366 e. The minimum absolute atomic E-state index is 0.156. The molecule has 2 rings (SSSR count). The van der Waals surface area contributed by atoms with Crippen molar-refractivity contribution in [2.45, 2.75) is 38.8 Å². The number of amides is 1. The molecule has 0 bridgehead atoms. The summed E-state index contributed by atoms with van der Waals surface area (Å²) in [6.45, 7) is 9.12. The van der Waals surface area contributed by atoms with Crippen molar-refractivity contribution in [3.63, 3.8) is 0 Å². The van der Waals surface area contributed by atoms with Crippen LogP contribution in [0.25, 0.3) is 0 Å². The first-order valence-corrected chi connectivity index (χ1v) is 7.50. The normalized spacial score (nSPS) is 31.2. The van der Waals surface area contributed by atoms with E-state index >= 15 is 0 Å². The van der Waals surface area contributed by atoms with Crippen molar-refractivity contribution in [1.82, 2.24) is 9.80 Å². The molecule has 0 radical (unpaired) electrons. The van der Waals surface area contributed by atoms with E-state index in [-0.39, 0.29) is 18.1 Å². The Morgan fingerprint density at radius 3 is 2.89 bits per heavy atom. The topological polar surface area (TPSA) is 58.8 Å². The number of ether oxygens (including phenoxy) is 1. The van der Waals surface area contributed by atoms with Gasteiger partial charge in [0.05, 0.1) is 6.61 Å². The van der Waals surface area contributed by atoms with Crippen LogP contribution in [0.1, 0.15) is 26.7 Å². The third-order valence-corrected chi connectivity index (χ3v) is 4.39. The highest BCUT2D eigenvalue weighted by Crippen LogP contribution is 2.20. The van der Waals surface area contributed by atoms with E-state index in [0.29, 0.717) is 12.5 Å². The van der Waals surface area contributed by atoms with Crippen LogP contribution in [0.2, 0.25) is 0 Å². The monoisotopic (exact) mass is 269 g/mol. The van der Waals surface area contributed by atoms with Gasteiger partial charge in [-0.3, -0.25) is 9.69 Å². The fourth-order valence-corrected chi connectivity index (χ4v) is 2.98. The number of likely N-dealkylation sites (tertiary alicyclic amines) is 1. The highest BCUT2D eigenvalue weighted by Gasteiger charge is 2.33. The second-order valence-corrected chi connectivity index (χ2v) is 5.80. The van der Waals surface area contributed by atoms with Gasteiger partial charge in [0.1, 0.15) is 6.10 Å². The number of nitrogens with zero attached hydrogens (tertiary/aromatic N) is 2. The van der Waals surface area contributed by atoms with Crippen LogP contribution in [-0.4, -0.2) is 67.2 Å². The molecule has 5 heteroatoms. The molecule has 0 aromatic rings. The summed E-state index contributed by atoms with van der Waals surface area (Å²) in [5.74, 6) is 0.590. The van der Waals surface area contributed by atoms with E-state index in [4.69, 9.17) is 10.5 Å². The summed E-state index contributed by atoms with van der Waals surface area (Å²) in [4.78, 5) is 16.8. The zero-order valence-corrected chi connectivity index (χ0v) is 12.2. The average Bonchev–Trinajstić information content (AvgIpc) is 2.46. The number of carbonyl (C=O) groups excluding carboxylic acids is 1. The van der Waals surface area contributed by atoms with Crippen LogP contribution in [0.15, 0.2) is 0 Å². The van der Waals surface area contributed by atoms with Crippen LogP contribution in [0.3, 0.4) is 0 Å². The lowest BCUT2D eigenvalue weighted by Gasteiger charge is -2.38. The van der Waals surface area contributed by atoms with Crippen LogP contribution in [0, 0.1) is 5.92 Å². The van der Waals surface area contributed by atoms with Gasteiger partial charge >= 0.3 is 0 Å². The molecule has 0 aromatic heterocycles. The number of hydrogen-bond acceptors (Lipinski definition) is 4. The maximum absolute atomic E-state index is 12.5. The van der Waals surface area contributed by atoms with Crippen molar-refractivity contribution < 1.29 is 9.53 Å². The van der Waals surface area contributed by atoms with Gasteiger partial charge in [0.2, 0.25) is 0 Å². The SMILES string of the molecule is CCN1CCOC(C(=O)N2CCCC(C(C)N)C2)C1. The van der Waals surface area contributed by atoms with Gasteiger partial charge in [0.15, 0.2) is 0 Å². The Kier molecular flexibility index (Phi) is 5.19. The Morgan fingerprint density at radius 2 is 2.21 bits per heavy atom. The Morgan fingerprint density at radius 1 is 1.42 bits per heavy atom. The van der Waals surface area contributed by atoms with Gasteiger partial charge in [-0.15, -0.1) is 0 Å². The maximum atomic E-state index is 12.5. The van der Waals surface area contributed by atoms with E-state index in [1.165, 1.54) is 0 Å². The average molecular weight is 269 g/mol. The first-order valence-electron chi connectivity index (χ1n) is 7.50. The van der Waals surface area contributed by atoms with Gasteiger partial charge in [0, 0.05) is 32.2 Å². The molecule has 1 amide bonds. The third kappa shape index (κ3) is 3.68. The number of nitrogens with two attached hydrogens (primary N) is 1. The van der Waals surface area contributed by atoms with E-state index in [9.17, 15) is 4.79 Å². The largest absolute Gasteiger partial charge is 0.366 e. The summed E-state index contributed by atoms with van der Waals surface area (Å²) in [6.07, 6.45) is 1.91. The molecule has 0 aliphatic carbocycles. The molecule has 0 aromatic carbocycles. The molecular weight excluding hydrogens is 242 g/mol. The first-order chi connectivity index (χ1) is 9.11. The molecule has 2 saturated heterocycles. The number of hydrogen-bond donors (Lipinski definition) is 1. The van der Waals surface area contributed by atoms with E-state index in [1.807, 2.05) is 11.8 Å². The molecule has 0 saturated carbocycles. The van der Waals surface area contributed by atoms with Gasteiger partial charge in [-0.1, -0.05) is 6.92 Å². The number of rotatable bonds is 3. The molecule has 2 aliphatic heterocycles. The highest BCUT2D eigenvalue weighted by molar-refractivity contribution is 5.81. The molecule has 0 spiro atoms. The van der Waals surface area contributed by atoms with Crippen molar-refractivity contribution in [2.24, 2.45) is 11.7 Å². The molecule has 110 valence electrons. The minimum atomic E-state index is -0.277. The van der Waals surface area contributed by atoms with Crippen LogP contribution >= 0.6 is 0 Å². The van der Waals surface area contributed by atoms with Crippen molar-refractivity contribution in [2.75, 3.05) is 39.3 Å². The predicted octanol–water partition coefficient (Wildman–Crippen LogP) is 0.293. The summed E-state index contributed by atoms with van der Waals surface area (Å²) in [7, 11) is 0. The van der Waals surface area contributed by atoms with Gasteiger partial charge in [-0.25, -0.2) is 0 Å². The summed E-state index contributed by atoms with van der Waals surface area (Å²) in [6, 6.07) is 0.162. The quantitative estimate of drug-likeness (QED) is 0.800. The summed E-state index contributed by atoms with van der Waals surface area (Å²) in [5, 5.41) is 0. The summed E-state index contributed by atoms with van der Waals surface area (Å²) < 4.78 is 5.66. The molecule has 3 unspecified atom stereocenters. The zero-order valence-electron chi connectivity index (χ0n) is 12.2. The summed E-state index contributed by atoms with van der Waals surface area (Å²) in [5.41, 5.74) is 5.97. The van der Waals surface area contributed by atoms with Gasteiger partial charge in [-0.05, 0) is 32.2 Å². The van der Waals surface area contributed by atoms with Crippen molar-refractivity contribution in [3.8, 4) is 0 Å². The zero-order chi connectivity index (χ0) is 13.8. The van der Waals surface area contributed by atoms with Crippen molar-refractivity contribution >= 4 is 5.91 Å². The van der Waals surface area contributed by atoms with Gasteiger partial charge in [0.25, 0.3) is 5.91 Å². The molecule has 2 fully saturated rings. The van der Waals surface area contributed by atoms with Gasteiger partial charge in [-0.2, -0.15) is 0 Å². The standard InChI is InChI=1S/C14H27N3O2/c1-3-16-7-8-19-13(10-16)14(18)17-6-4-5-12(9-17)11(2)15/h11-13H,3-10,15H2,1-2H3. The molecule has 3 atom stereocenters. The van der Waals surface area contributed by atoms with E-state index in [2.05, 4.69) is 11.8 Å². The molecule has 2 heterocycles. The van der Waals surface area contributed by atoms with Gasteiger partial charge < -0.3 is 15.4 Å². The Balaban J connectivity index is 1.91. The Labute approximate surface area is 116 Å². The second kappa shape index (κ2) is 6.68. The Bertz CT molecular complexity index is 309. The maximum Gasteiger partial charge on any atom is 0.253 e. The lowest BCUT2D eigenvalue weighted by molar-refractivity contribution is -0.151. The van der Waals surface area contributed by atoms with Crippen molar-refractivity contribution in [3.05, 3.63) is 0 Å². The highest BCUT2D eigenvalue weighted by atomic mass is 16.5. The van der Waals surface area contributed by atoms with E-state index in [1.54, 1.807) is 0 Å². The molecular formula is C14H27N3O2. The van der Waals surface area contributed by atoms with Crippen LogP contribution < -0.4 is 5.73 Å². The summed E-state index contributed by atoms with van der Waals surface area (Å²) >= 11 is 0. The first kappa shape index (κ1) is 14.8. The number of likely N-dealkylation sites (N-methyl/N-ethyl adjacent to an activating group) is 1. The second-order valence-electron chi connectivity index (χ2n) is 5.80. The molecule has 2 aliphatic rings. The molecule has 2 N–H and O–H groups in total. The fraction of sp³-hybridized carbons (Fsp3) is 0.929. The predicted molar refractivity (Wildman–Crippen MR) is 74.8 cm³/mol. The fourth-order valence-electron chi connectivity index (χ4n) is 2.98. The number of carbonyl (C=O) groups is 1. The van der Waals surface area contributed by atoms with Crippen LogP contribution in [-0.2, 0) is 9.53 Å². The number of piperidine rings is 1. The number of morpholine rings is 1. The Hall–Kier alpha value is -0.650. The van der Waals surface area contributed by atoms with E-state index < -0.39 is 0 Å². The smallest absolute Gasteiger partial charge is 0.253 e. The lowest BCUT2D eigenvalue weighted by Crippen LogP contribution is -2.54.